The lowest BCUT2D eigenvalue weighted by Gasteiger charge is -2.34. The van der Waals surface area contributed by atoms with Gasteiger partial charge in [0.05, 0.1) is 7.11 Å². The van der Waals surface area contributed by atoms with Crippen molar-refractivity contribution in [1.29, 1.82) is 0 Å². The summed E-state index contributed by atoms with van der Waals surface area (Å²) in [4.78, 5) is 22.4. The van der Waals surface area contributed by atoms with Gasteiger partial charge in [0.25, 0.3) is 5.91 Å². The zero-order valence-electron chi connectivity index (χ0n) is 12.6. The molecule has 1 aliphatic heterocycles. The maximum atomic E-state index is 12.2. The lowest BCUT2D eigenvalue weighted by atomic mass is 10.0. The Hall–Kier alpha value is -1.89. The zero-order chi connectivity index (χ0) is 15.2. The summed E-state index contributed by atoms with van der Waals surface area (Å²) in [6.07, 6.45) is 4.96. The van der Waals surface area contributed by atoms with Gasteiger partial charge >= 0.3 is 0 Å². The molecule has 0 saturated carbocycles. The molecule has 0 radical (unpaired) electrons. The van der Waals surface area contributed by atoms with E-state index in [4.69, 9.17) is 10.5 Å². The first-order valence-electron chi connectivity index (χ1n) is 7.34. The molecule has 1 aliphatic rings. The van der Waals surface area contributed by atoms with E-state index in [1.807, 2.05) is 0 Å². The molecule has 116 valence electrons. The number of carbonyl (C=O) groups excluding carboxylic acids is 1. The monoisotopic (exact) mass is 293 g/mol. The number of aromatic nitrogens is 2. The van der Waals surface area contributed by atoms with Gasteiger partial charge in [-0.05, 0) is 25.9 Å². The van der Waals surface area contributed by atoms with Crippen LogP contribution in [0.2, 0.25) is 0 Å². The molecule has 0 aliphatic carbocycles. The molecule has 7 heteroatoms. The second kappa shape index (κ2) is 7.21. The predicted octanol–water partition coefficient (Wildman–Crippen LogP) is 0.672. The highest BCUT2D eigenvalue weighted by atomic mass is 16.5. The second-order valence-electron chi connectivity index (χ2n) is 5.14. The summed E-state index contributed by atoms with van der Waals surface area (Å²) >= 11 is 0. The molecule has 0 aromatic carbocycles. The molecule has 3 N–H and O–H groups in total. The van der Waals surface area contributed by atoms with Gasteiger partial charge in [-0.2, -0.15) is 4.98 Å². The molecule has 7 nitrogen and oxygen atoms in total. The van der Waals surface area contributed by atoms with Crippen molar-refractivity contribution in [2.75, 3.05) is 32.5 Å². The predicted molar refractivity (Wildman–Crippen MR) is 80.2 cm³/mol. The van der Waals surface area contributed by atoms with Crippen LogP contribution in [0.3, 0.4) is 0 Å². The fourth-order valence-corrected chi connectivity index (χ4v) is 2.70. The van der Waals surface area contributed by atoms with Crippen molar-refractivity contribution >= 4 is 11.9 Å². The van der Waals surface area contributed by atoms with E-state index in [-0.39, 0.29) is 17.7 Å². The minimum atomic E-state index is -0.228. The van der Waals surface area contributed by atoms with Crippen LogP contribution in [-0.4, -0.2) is 53.6 Å². The van der Waals surface area contributed by atoms with E-state index in [0.29, 0.717) is 18.2 Å². The van der Waals surface area contributed by atoms with Crippen molar-refractivity contribution in [3.63, 3.8) is 0 Å². The molecule has 1 atom stereocenters. The van der Waals surface area contributed by atoms with Crippen molar-refractivity contribution in [2.24, 2.45) is 0 Å². The molecular formula is C14H23N5O2. The maximum Gasteiger partial charge on any atom is 0.258 e. The second-order valence-corrected chi connectivity index (χ2v) is 5.14. The Morgan fingerprint density at radius 1 is 1.57 bits per heavy atom. The summed E-state index contributed by atoms with van der Waals surface area (Å²) in [6.45, 7) is 4.89. The van der Waals surface area contributed by atoms with Crippen LogP contribution in [0.5, 0.6) is 5.88 Å². The van der Waals surface area contributed by atoms with Gasteiger partial charge in [-0.15, -0.1) is 0 Å². The number of nitrogens with one attached hydrogen (secondary N) is 1. The van der Waals surface area contributed by atoms with Crippen molar-refractivity contribution < 1.29 is 9.53 Å². The van der Waals surface area contributed by atoms with Crippen LogP contribution < -0.4 is 15.8 Å². The fraction of sp³-hybridized carbons (Fsp3) is 0.643. The van der Waals surface area contributed by atoms with Gasteiger partial charge in [-0.1, -0.05) is 13.3 Å². The van der Waals surface area contributed by atoms with Gasteiger partial charge < -0.3 is 15.8 Å². The number of ether oxygens (including phenoxy) is 1. The summed E-state index contributed by atoms with van der Waals surface area (Å²) in [5, 5.41) is 2.95. The minimum absolute atomic E-state index is 0.0906. The van der Waals surface area contributed by atoms with E-state index in [9.17, 15) is 4.79 Å². The number of nitrogen functional groups attached to an aromatic ring is 1. The van der Waals surface area contributed by atoms with Gasteiger partial charge in [0.1, 0.15) is 5.56 Å². The van der Waals surface area contributed by atoms with Crippen molar-refractivity contribution in [1.82, 2.24) is 20.2 Å². The van der Waals surface area contributed by atoms with Gasteiger partial charge in [0, 0.05) is 18.8 Å². The van der Waals surface area contributed by atoms with E-state index in [0.717, 1.165) is 19.5 Å². The van der Waals surface area contributed by atoms with E-state index < -0.39 is 0 Å². The average molecular weight is 293 g/mol. The third-order valence-corrected chi connectivity index (χ3v) is 3.86. The number of hydrogen-bond acceptors (Lipinski definition) is 6. The smallest absolute Gasteiger partial charge is 0.258 e. The largest absolute Gasteiger partial charge is 0.480 e. The molecule has 2 rings (SSSR count). The standard InChI is InChI=1S/C14H23N5O2/c1-3-19-7-5-4-6-10(19)8-16-12(20)11-9-17-14(15)18-13(11)21-2/h9-10H,3-8H2,1-2H3,(H,16,20)(H2,15,17,18). The van der Waals surface area contributed by atoms with Crippen LogP contribution in [0, 0.1) is 0 Å². The molecule has 1 aromatic rings. The van der Waals surface area contributed by atoms with Crippen LogP contribution in [-0.2, 0) is 0 Å². The Balaban J connectivity index is 1.98. The Morgan fingerprint density at radius 3 is 3.10 bits per heavy atom. The van der Waals surface area contributed by atoms with Gasteiger partial charge in [-0.3, -0.25) is 9.69 Å². The first-order valence-corrected chi connectivity index (χ1v) is 7.34. The molecule has 21 heavy (non-hydrogen) atoms. The lowest BCUT2D eigenvalue weighted by molar-refractivity contribution is 0.0914. The normalized spacial score (nSPS) is 19.2. The first kappa shape index (κ1) is 15.5. The number of nitrogens with zero attached hydrogens (tertiary/aromatic N) is 3. The topological polar surface area (TPSA) is 93.4 Å². The summed E-state index contributed by atoms with van der Waals surface area (Å²) in [5.74, 6) is 0.0670. The van der Waals surface area contributed by atoms with Gasteiger partial charge in [0.2, 0.25) is 11.8 Å². The van der Waals surface area contributed by atoms with Crippen molar-refractivity contribution in [2.45, 2.75) is 32.2 Å². The van der Waals surface area contributed by atoms with E-state index in [2.05, 4.69) is 27.1 Å². The van der Waals surface area contributed by atoms with Gasteiger partial charge in [-0.25, -0.2) is 4.98 Å². The zero-order valence-corrected chi connectivity index (χ0v) is 12.6. The summed E-state index contributed by atoms with van der Waals surface area (Å²) < 4.78 is 5.08. The number of nitrogens with two attached hydrogens (primary N) is 1. The molecule has 0 bridgehead atoms. The maximum absolute atomic E-state index is 12.2. The number of likely N-dealkylation sites (tertiary alicyclic amines) is 1. The van der Waals surface area contributed by atoms with Gasteiger partial charge in [0.15, 0.2) is 0 Å². The Kier molecular flexibility index (Phi) is 5.32. The Bertz CT molecular complexity index is 494. The van der Waals surface area contributed by atoms with Crippen LogP contribution in [0.1, 0.15) is 36.5 Å². The highest BCUT2D eigenvalue weighted by Crippen LogP contribution is 2.17. The highest BCUT2D eigenvalue weighted by molar-refractivity contribution is 5.96. The average Bonchev–Trinajstić information content (AvgIpc) is 2.52. The van der Waals surface area contributed by atoms with E-state index in [1.165, 1.54) is 26.1 Å². The number of methoxy groups -OCH3 is 1. The first-order chi connectivity index (χ1) is 10.2. The fourth-order valence-electron chi connectivity index (χ4n) is 2.70. The third-order valence-electron chi connectivity index (χ3n) is 3.86. The molecule has 1 unspecified atom stereocenters. The molecule has 1 aromatic heterocycles. The minimum Gasteiger partial charge on any atom is -0.480 e. The number of hydrogen-bond donors (Lipinski definition) is 2. The number of likely N-dealkylation sites (N-methyl/N-ethyl adjacent to an activating group) is 1. The quantitative estimate of drug-likeness (QED) is 0.829. The Morgan fingerprint density at radius 2 is 2.38 bits per heavy atom. The highest BCUT2D eigenvalue weighted by Gasteiger charge is 2.22. The third kappa shape index (κ3) is 3.81. The van der Waals surface area contributed by atoms with Crippen molar-refractivity contribution in [3.05, 3.63) is 11.8 Å². The lowest BCUT2D eigenvalue weighted by Crippen LogP contribution is -2.46. The summed E-state index contributed by atoms with van der Waals surface area (Å²) in [7, 11) is 1.46. The molecule has 0 spiro atoms. The molecule has 1 saturated heterocycles. The number of carbonyl (C=O) groups is 1. The molecular weight excluding hydrogens is 270 g/mol. The molecule has 2 heterocycles. The number of anilines is 1. The van der Waals surface area contributed by atoms with Crippen LogP contribution >= 0.6 is 0 Å². The Labute approximate surface area is 124 Å². The number of amides is 1. The van der Waals surface area contributed by atoms with E-state index >= 15 is 0 Å². The van der Waals surface area contributed by atoms with Crippen LogP contribution in [0.25, 0.3) is 0 Å². The summed E-state index contributed by atoms with van der Waals surface area (Å²) in [5.41, 5.74) is 5.80. The van der Waals surface area contributed by atoms with Crippen LogP contribution in [0.4, 0.5) is 5.95 Å². The SMILES string of the molecule is CCN1CCCCC1CNC(=O)c1cnc(N)nc1OC. The summed E-state index contributed by atoms with van der Waals surface area (Å²) in [6, 6.07) is 0.397. The number of rotatable bonds is 5. The number of piperidine rings is 1. The van der Waals surface area contributed by atoms with E-state index in [1.54, 1.807) is 0 Å². The van der Waals surface area contributed by atoms with Crippen LogP contribution in [0.15, 0.2) is 6.20 Å². The molecule has 1 fully saturated rings. The van der Waals surface area contributed by atoms with Crippen molar-refractivity contribution in [3.8, 4) is 5.88 Å². The molecule has 1 amide bonds.